The van der Waals surface area contributed by atoms with Crippen molar-refractivity contribution in [2.45, 2.75) is 84.6 Å². The second-order valence-corrected chi connectivity index (χ2v) is 8.75. The monoisotopic (exact) mass is 396 g/mol. The van der Waals surface area contributed by atoms with Crippen LogP contribution in [0.1, 0.15) is 86.6 Å². The van der Waals surface area contributed by atoms with E-state index < -0.39 is 0 Å². The van der Waals surface area contributed by atoms with Crippen molar-refractivity contribution in [3.05, 3.63) is 29.0 Å². The summed E-state index contributed by atoms with van der Waals surface area (Å²) in [6, 6.07) is -0.0126. The predicted molar refractivity (Wildman–Crippen MR) is 111 cm³/mol. The van der Waals surface area contributed by atoms with Gasteiger partial charge in [-0.25, -0.2) is 9.97 Å². The van der Waals surface area contributed by atoms with Crippen molar-refractivity contribution in [2.75, 3.05) is 6.54 Å². The number of aromatic nitrogens is 3. The Morgan fingerprint density at radius 3 is 2.59 bits per heavy atom. The van der Waals surface area contributed by atoms with Crippen LogP contribution in [0.5, 0.6) is 0 Å². The minimum absolute atomic E-state index is 0.0126. The van der Waals surface area contributed by atoms with Gasteiger partial charge in [0.25, 0.3) is 0 Å². The average Bonchev–Trinajstić information content (AvgIpc) is 3.07. The van der Waals surface area contributed by atoms with Gasteiger partial charge in [-0.15, -0.1) is 0 Å². The van der Waals surface area contributed by atoms with E-state index >= 15 is 0 Å². The number of nitrogens with zero attached hydrogens (tertiary/aromatic N) is 4. The standard InChI is InChI=1S/C23H32N4O2/c1-15-16(2)26-29-23(15)19-14-24-17(3)25-22(19)20-11-7-8-12-27(20)21(28)13-18-9-5-4-6-10-18/h14,18,20H,4-13H2,1-3H3/t20-/m0/s1. The summed E-state index contributed by atoms with van der Waals surface area (Å²) in [7, 11) is 0. The van der Waals surface area contributed by atoms with Gasteiger partial charge in [-0.3, -0.25) is 4.79 Å². The summed E-state index contributed by atoms with van der Waals surface area (Å²) in [5.74, 6) is 2.28. The number of carbonyl (C=O) groups excluding carboxylic acids is 1. The van der Waals surface area contributed by atoms with E-state index in [2.05, 4.69) is 15.0 Å². The molecule has 1 aliphatic carbocycles. The maximum absolute atomic E-state index is 13.3. The molecule has 3 heterocycles. The lowest BCUT2D eigenvalue weighted by molar-refractivity contribution is -0.136. The molecule has 0 unspecified atom stereocenters. The highest BCUT2D eigenvalue weighted by Gasteiger charge is 2.33. The fourth-order valence-electron chi connectivity index (χ4n) is 4.85. The Labute approximate surface area is 173 Å². The fraction of sp³-hybridized carbons (Fsp3) is 0.652. The van der Waals surface area contributed by atoms with Gasteiger partial charge in [-0.1, -0.05) is 24.4 Å². The largest absolute Gasteiger partial charge is 0.356 e. The van der Waals surface area contributed by atoms with Crippen LogP contribution in [0, 0.1) is 26.7 Å². The Morgan fingerprint density at radius 2 is 1.86 bits per heavy atom. The molecule has 0 radical (unpaired) electrons. The van der Waals surface area contributed by atoms with Crippen molar-refractivity contribution < 1.29 is 9.32 Å². The quantitative estimate of drug-likeness (QED) is 0.720. The van der Waals surface area contributed by atoms with Gasteiger partial charge >= 0.3 is 0 Å². The molecule has 1 aliphatic heterocycles. The number of carbonyl (C=O) groups is 1. The molecule has 6 heteroatoms. The normalized spacial score (nSPS) is 20.8. The Balaban J connectivity index is 1.65. The van der Waals surface area contributed by atoms with Crippen LogP contribution in [-0.2, 0) is 4.79 Å². The summed E-state index contributed by atoms with van der Waals surface area (Å²) in [6.07, 6.45) is 11.8. The molecule has 2 aliphatic rings. The molecule has 1 amide bonds. The zero-order valence-electron chi connectivity index (χ0n) is 17.9. The number of amides is 1. The Bertz CT molecular complexity index is 870. The maximum atomic E-state index is 13.3. The average molecular weight is 397 g/mol. The molecule has 0 aromatic carbocycles. The van der Waals surface area contributed by atoms with E-state index in [1.165, 1.54) is 32.1 Å². The summed E-state index contributed by atoms with van der Waals surface area (Å²) in [5, 5.41) is 4.12. The third kappa shape index (κ3) is 4.21. The molecule has 0 bridgehead atoms. The molecule has 156 valence electrons. The first-order valence-corrected chi connectivity index (χ1v) is 11.1. The van der Waals surface area contributed by atoms with Crippen LogP contribution >= 0.6 is 0 Å². The van der Waals surface area contributed by atoms with Gasteiger partial charge in [0.1, 0.15) is 5.82 Å². The second kappa shape index (κ2) is 8.64. The van der Waals surface area contributed by atoms with E-state index in [9.17, 15) is 4.79 Å². The van der Waals surface area contributed by atoms with E-state index in [4.69, 9.17) is 9.51 Å². The Kier molecular flexibility index (Phi) is 5.97. The summed E-state index contributed by atoms with van der Waals surface area (Å²) in [4.78, 5) is 24.6. The van der Waals surface area contributed by atoms with Crippen LogP contribution in [0.3, 0.4) is 0 Å². The van der Waals surface area contributed by atoms with Crippen LogP contribution in [0.2, 0.25) is 0 Å². The van der Waals surface area contributed by atoms with Crippen molar-refractivity contribution in [1.82, 2.24) is 20.0 Å². The highest BCUT2D eigenvalue weighted by Crippen LogP contribution is 2.38. The van der Waals surface area contributed by atoms with E-state index in [0.29, 0.717) is 12.3 Å². The van der Waals surface area contributed by atoms with Crippen molar-refractivity contribution in [1.29, 1.82) is 0 Å². The third-order valence-corrected chi connectivity index (χ3v) is 6.67. The van der Waals surface area contributed by atoms with Crippen LogP contribution in [0.15, 0.2) is 10.7 Å². The van der Waals surface area contributed by atoms with Crippen molar-refractivity contribution in [3.63, 3.8) is 0 Å². The summed E-state index contributed by atoms with van der Waals surface area (Å²) >= 11 is 0. The molecule has 4 rings (SSSR count). The summed E-state index contributed by atoms with van der Waals surface area (Å²) in [6.45, 7) is 6.67. The lowest BCUT2D eigenvalue weighted by Crippen LogP contribution is -2.40. The highest BCUT2D eigenvalue weighted by molar-refractivity contribution is 5.77. The van der Waals surface area contributed by atoms with Crippen LogP contribution in [-0.4, -0.2) is 32.5 Å². The van der Waals surface area contributed by atoms with Gasteiger partial charge < -0.3 is 9.42 Å². The van der Waals surface area contributed by atoms with E-state index in [0.717, 1.165) is 59.9 Å². The zero-order valence-corrected chi connectivity index (χ0v) is 17.9. The van der Waals surface area contributed by atoms with E-state index in [1.54, 1.807) is 0 Å². The van der Waals surface area contributed by atoms with Crippen molar-refractivity contribution in [2.24, 2.45) is 5.92 Å². The molecule has 1 atom stereocenters. The lowest BCUT2D eigenvalue weighted by Gasteiger charge is -2.37. The number of aryl methyl sites for hydroxylation is 2. The predicted octanol–water partition coefficient (Wildman–Crippen LogP) is 5.08. The number of likely N-dealkylation sites (tertiary alicyclic amines) is 1. The fourth-order valence-corrected chi connectivity index (χ4v) is 4.85. The first-order chi connectivity index (χ1) is 14.0. The van der Waals surface area contributed by atoms with Gasteiger partial charge in [0.2, 0.25) is 5.91 Å². The molecule has 29 heavy (non-hydrogen) atoms. The van der Waals surface area contributed by atoms with Crippen LogP contribution < -0.4 is 0 Å². The minimum atomic E-state index is -0.0126. The second-order valence-electron chi connectivity index (χ2n) is 8.75. The summed E-state index contributed by atoms with van der Waals surface area (Å²) < 4.78 is 5.64. The molecule has 2 fully saturated rings. The molecule has 2 aromatic heterocycles. The molecule has 0 N–H and O–H groups in total. The first kappa shape index (κ1) is 20.0. The van der Waals surface area contributed by atoms with Gasteiger partial charge in [0, 0.05) is 24.7 Å². The van der Waals surface area contributed by atoms with Gasteiger partial charge in [-0.2, -0.15) is 0 Å². The molecular weight excluding hydrogens is 364 g/mol. The van der Waals surface area contributed by atoms with Crippen molar-refractivity contribution in [3.8, 4) is 11.3 Å². The SMILES string of the molecule is Cc1ncc(-c2onc(C)c2C)c([C@@H]2CCCCN2C(=O)CC2CCCCC2)n1. The molecule has 1 saturated heterocycles. The smallest absolute Gasteiger partial charge is 0.223 e. The van der Waals surface area contributed by atoms with E-state index in [-0.39, 0.29) is 11.9 Å². The molecule has 2 aromatic rings. The van der Waals surface area contributed by atoms with Gasteiger partial charge in [0.15, 0.2) is 5.76 Å². The maximum Gasteiger partial charge on any atom is 0.223 e. The van der Waals surface area contributed by atoms with Gasteiger partial charge in [0.05, 0.1) is 23.0 Å². The third-order valence-electron chi connectivity index (χ3n) is 6.67. The number of hydrogen-bond acceptors (Lipinski definition) is 5. The Hall–Kier alpha value is -2.24. The highest BCUT2D eigenvalue weighted by atomic mass is 16.5. The van der Waals surface area contributed by atoms with Gasteiger partial charge in [-0.05, 0) is 58.8 Å². The van der Waals surface area contributed by atoms with Crippen molar-refractivity contribution >= 4 is 5.91 Å². The number of rotatable bonds is 4. The number of piperidine rings is 1. The summed E-state index contributed by atoms with van der Waals surface area (Å²) in [5.41, 5.74) is 3.67. The number of hydrogen-bond donors (Lipinski definition) is 0. The minimum Gasteiger partial charge on any atom is -0.356 e. The Morgan fingerprint density at radius 1 is 1.10 bits per heavy atom. The van der Waals surface area contributed by atoms with Crippen LogP contribution in [0.25, 0.3) is 11.3 Å². The van der Waals surface area contributed by atoms with E-state index in [1.807, 2.05) is 27.0 Å². The lowest BCUT2D eigenvalue weighted by atomic mass is 9.86. The first-order valence-electron chi connectivity index (χ1n) is 11.1. The molecular formula is C23H32N4O2. The zero-order chi connectivity index (χ0) is 20.4. The topological polar surface area (TPSA) is 72.1 Å². The molecule has 0 spiro atoms. The molecule has 6 nitrogen and oxygen atoms in total. The van der Waals surface area contributed by atoms with Crippen LogP contribution in [0.4, 0.5) is 0 Å². The molecule has 1 saturated carbocycles.